The first-order valence-corrected chi connectivity index (χ1v) is 2.64. The third-order valence-electron chi connectivity index (χ3n) is 0.874. The predicted octanol–water partition coefficient (Wildman–Crippen LogP) is 1.98. The van der Waals surface area contributed by atoms with Crippen molar-refractivity contribution < 1.29 is 9.50 Å². The summed E-state index contributed by atoms with van der Waals surface area (Å²) in [6.45, 7) is 0. The molecule has 1 nitrogen and oxygen atoms in total. The molecule has 1 aromatic rings. The number of hydrogen-bond donors (Lipinski definition) is 1. The van der Waals surface area contributed by atoms with Crippen LogP contribution in [0.1, 0.15) is 0 Å². The summed E-state index contributed by atoms with van der Waals surface area (Å²) in [7, 11) is 0. The third kappa shape index (κ3) is 1.13. The summed E-state index contributed by atoms with van der Waals surface area (Å²) in [4.78, 5) is 0. The molecule has 0 saturated heterocycles. The van der Waals surface area contributed by atoms with Gasteiger partial charge in [-0.2, -0.15) is 0 Å². The fourth-order valence-corrected chi connectivity index (χ4v) is 0.586. The number of hydrogen-bond acceptors (Lipinski definition) is 1. The molecule has 0 aromatic heterocycles. The van der Waals surface area contributed by atoms with Gasteiger partial charge in [0, 0.05) is 6.07 Å². The van der Waals surface area contributed by atoms with Gasteiger partial charge >= 0.3 is 0 Å². The molecule has 0 bridgehead atoms. The van der Waals surface area contributed by atoms with Gasteiger partial charge in [0.15, 0.2) is 11.6 Å². The van der Waals surface area contributed by atoms with E-state index in [-0.39, 0.29) is 5.02 Å². The second-order valence-electron chi connectivity index (χ2n) is 1.49. The zero-order chi connectivity index (χ0) is 6.85. The van der Waals surface area contributed by atoms with E-state index in [1.165, 1.54) is 12.1 Å². The van der Waals surface area contributed by atoms with Crippen molar-refractivity contribution in [1.82, 2.24) is 0 Å². The topological polar surface area (TPSA) is 20.2 Å². The summed E-state index contributed by atoms with van der Waals surface area (Å²) in [6.07, 6.45) is 0. The molecule has 3 heteroatoms. The molecule has 1 N–H and O–H groups in total. The summed E-state index contributed by atoms with van der Waals surface area (Å²) in [5.41, 5.74) is 0. The molecule has 0 heterocycles. The maximum absolute atomic E-state index is 12.2. The smallest absolute Gasteiger partial charge is 0.174 e. The van der Waals surface area contributed by atoms with Gasteiger partial charge in [-0.1, -0.05) is 11.6 Å². The molecule has 0 unspecified atom stereocenters. The average Bonchev–Trinajstić information content (AvgIpc) is 1.83. The Kier molecular flexibility index (Phi) is 1.58. The predicted molar refractivity (Wildman–Crippen MR) is 31.9 cm³/mol. The summed E-state index contributed by atoms with van der Waals surface area (Å²) in [6, 6.07) is 4.80. The van der Waals surface area contributed by atoms with Crippen LogP contribution in [0.25, 0.3) is 0 Å². The number of phenols is 1. The van der Waals surface area contributed by atoms with Gasteiger partial charge in [-0.25, -0.2) is 4.39 Å². The van der Waals surface area contributed by atoms with Gasteiger partial charge in [0.05, 0.1) is 5.02 Å². The molecular weight excluding hydrogens is 143 g/mol. The van der Waals surface area contributed by atoms with E-state index in [1.807, 2.05) is 0 Å². The maximum atomic E-state index is 12.2. The zero-order valence-corrected chi connectivity index (χ0v) is 5.11. The van der Waals surface area contributed by atoms with Crippen LogP contribution in [0.15, 0.2) is 12.1 Å². The van der Waals surface area contributed by atoms with Crippen LogP contribution >= 0.6 is 11.6 Å². The Morgan fingerprint density at radius 2 is 2.33 bits per heavy atom. The largest absolute Gasteiger partial charge is 0.504 e. The SMILES string of the molecule is Oc1c(F)[c]ccc1Cl. The van der Waals surface area contributed by atoms with Crippen molar-refractivity contribution in [3.63, 3.8) is 0 Å². The minimum atomic E-state index is -0.817. The van der Waals surface area contributed by atoms with E-state index in [2.05, 4.69) is 6.07 Å². The van der Waals surface area contributed by atoms with Crippen LogP contribution < -0.4 is 0 Å². The second kappa shape index (κ2) is 2.23. The monoisotopic (exact) mass is 145 g/mol. The van der Waals surface area contributed by atoms with Crippen molar-refractivity contribution in [2.45, 2.75) is 0 Å². The third-order valence-corrected chi connectivity index (χ3v) is 1.18. The molecule has 0 atom stereocenters. The van der Waals surface area contributed by atoms with Crippen molar-refractivity contribution in [2.24, 2.45) is 0 Å². The first-order valence-electron chi connectivity index (χ1n) is 2.26. The first-order chi connectivity index (χ1) is 4.22. The van der Waals surface area contributed by atoms with Crippen LogP contribution in [-0.2, 0) is 0 Å². The molecular formula is C6H3ClFO. The van der Waals surface area contributed by atoms with E-state index in [0.29, 0.717) is 0 Å². The molecule has 0 aliphatic carbocycles. The Labute approximate surface area is 56.7 Å². The molecule has 0 aliphatic rings. The van der Waals surface area contributed by atoms with Crippen LogP contribution in [0.2, 0.25) is 5.02 Å². The second-order valence-corrected chi connectivity index (χ2v) is 1.90. The lowest BCUT2D eigenvalue weighted by atomic mass is 10.3. The number of benzene rings is 1. The Bertz CT molecular complexity index is 204. The zero-order valence-electron chi connectivity index (χ0n) is 4.36. The highest BCUT2D eigenvalue weighted by Gasteiger charge is 2.01. The van der Waals surface area contributed by atoms with Gasteiger partial charge in [0.2, 0.25) is 0 Å². The lowest BCUT2D eigenvalue weighted by molar-refractivity contribution is 0.432. The van der Waals surface area contributed by atoms with Crippen LogP contribution in [0.3, 0.4) is 0 Å². The molecule has 1 aromatic carbocycles. The number of aromatic hydroxyl groups is 1. The van der Waals surface area contributed by atoms with E-state index in [1.54, 1.807) is 0 Å². The Balaban J connectivity index is 3.25. The lowest BCUT2D eigenvalue weighted by Gasteiger charge is -1.93. The molecule has 0 saturated carbocycles. The lowest BCUT2D eigenvalue weighted by Crippen LogP contribution is -1.74. The first kappa shape index (κ1) is 6.36. The fourth-order valence-electron chi connectivity index (χ4n) is 0.440. The molecule has 47 valence electrons. The van der Waals surface area contributed by atoms with E-state index < -0.39 is 11.6 Å². The normalized spacial score (nSPS) is 9.56. The van der Waals surface area contributed by atoms with Gasteiger partial charge < -0.3 is 5.11 Å². The highest BCUT2D eigenvalue weighted by atomic mass is 35.5. The van der Waals surface area contributed by atoms with Crippen LogP contribution in [0.5, 0.6) is 5.75 Å². The fraction of sp³-hybridized carbons (Fsp3) is 0. The minimum absolute atomic E-state index is 0.00579. The summed E-state index contributed by atoms with van der Waals surface area (Å²) < 4.78 is 12.2. The van der Waals surface area contributed by atoms with Crippen molar-refractivity contribution in [2.75, 3.05) is 0 Å². The minimum Gasteiger partial charge on any atom is -0.504 e. The van der Waals surface area contributed by atoms with E-state index in [0.717, 1.165) is 0 Å². The van der Waals surface area contributed by atoms with Crippen molar-refractivity contribution >= 4 is 11.6 Å². The van der Waals surface area contributed by atoms with Crippen molar-refractivity contribution in [3.05, 3.63) is 29.0 Å². The average molecular weight is 146 g/mol. The molecule has 0 fully saturated rings. The summed E-state index contributed by atoms with van der Waals surface area (Å²) in [5.74, 6) is -1.36. The van der Waals surface area contributed by atoms with E-state index in [9.17, 15) is 4.39 Å². The Hall–Kier alpha value is -0.760. The standard InChI is InChI=1S/C6H3ClFO/c7-4-2-1-3-5(8)6(4)9/h1-2,9H. The van der Waals surface area contributed by atoms with Crippen LogP contribution in [-0.4, -0.2) is 5.11 Å². The van der Waals surface area contributed by atoms with E-state index in [4.69, 9.17) is 16.7 Å². The van der Waals surface area contributed by atoms with Gasteiger partial charge in [-0.15, -0.1) is 0 Å². The molecule has 0 aliphatic heterocycles. The molecule has 1 rings (SSSR count). The van der Waals surface area contributed by atoms with Crippen molar-refractivity contribution in [1.29, 1.82) is 0 Å². The maximum Gasteiger partial charge on any atom is 0.174 e. The van der Waals surface area contributed by atoms with Gasteiger partial charge in [0.1, 0.15) is 0 Å². The van der Waals surface area contributed by atoms with Gasteiger partial charge in [-0.05, 0) is 12.1 Å². The van der Waals surface area contributed by atoms with Gasteiger partial charge in [0.25, 0.3) is 0 Å². The summed E-state index contributed by atoms with van der Waals surface area (Å²) >= 11 is 5.30. The quantitative estimate of drug-likeness (QED) is 0.592. The summed E-state index contributed by atoms with van der Waals surface area (Å²) in [5, 5.41) is 8.67. The molecule has 9 heavy (non-hydrogen) atoms. The molecule has 1 radical (unpaired) electrons. The highest BCUT2D eigenvalue weighted by molar-refractivity contribution is 6.31. The van der Waals surface area contributed by atoms with E-state index >= 15 is 0 Å². The van der Waals surface area contributed by atoms with Crippen LogP contribution in [0.4, 0.5) is 4.39 Å². The molecule has 0 spiro atoms. The van der Waals surface area contributed by atoms with Crippen molar-refractivity contribution in [3.8, 4) is 5.75 Å². The number of rotatable bonds is 0. The Morgan fingerprint density at radius 1 is 1.67 bits per heavy atom. The number of phenolic OH excluding ortho intramolecular Hbond substituents is 1. The van der Waals surface area contributed by atoms with Crippen LogP contribution in [0, 0.1) is 11.9 Å². The van der Waals surface area contributed by atoms with Gasteiger partial charge in [-0.3, -0.25) is 0 Å². The number of halogens is 2. The molecule has 0 amide bonds. The Morgan fingerprint density at radius 3 is 2.78 bits per heavy atom. The highest BCUT2D eigenvalue weighted by Crippen LogP contribution is 2.24.